The number of likely N-dealkylation sites (tertiary alicyclic amines) is 1. The summed E-state index contributed by atoms with van der Waals surface area (Å²) in [4.78, 5) is 14.7. The van der Waals surface area contributed by atoms with Gasteiger partial charge in [-0.3, -0.25) is 9.89 Å². The maximum absolute atomic E-state index is 12.8. The zero-order valence-corrected chi connectivity index (χ0v) is 14.7. The molecule has 1 saturated heterocycles. The van der Waals surface area contributed by atoms with Gasteiger partial charge in [-0.25, -0.2) is 0 Å². The lowest BCUT2D eigenvalue weighted by molar-refractivity contribution is 0.0630. The second kappa shape index (κ2) is 6.80. The van der Waals surface area contributed by atoms with Gasteiger partial charge in [-0.1, -0.05) is 18.2 Å². The Labute approximate surface area is 151 Å². The van der Waals surface area contributed by atoms with E-state index < -0.39 is 0 Å². The number of ether oxygens (including phenoxy) is 1. The fourth-order valence-corrected chi connectivity index (χ4v) is 3.65. The van der Waals surface area contributed by atoms with E-state index >= 15 is 0 Å². The molecule has 6 heteroatoms. The van der Waals surface area contributed by atoms with E-state index in [0.29, 0.717) is 18.0 Å². The number of rotatable bonds is 4. The highest BCUT2D eigenvalue weighted by Crippen LogP contribution is 2.27. The number of carbonyl (C=O) groups is 1. The van der Waals surface area contributed by atoms with Gasteiger partial charge in [0.15, 0.2) is 5.82 Å². The lowest BCUT2D eigenvalue weighted by atomic mass is 10.0. The molecule has 134 valence electrons. The normalized spacial score (nSPS) is 17.1. The van der Waals surface area contributed by atoms with E-state index in [1.807, 2.05) is 47.4 Å². The smallest absolute Gasteiger partial charge is 0.254 e. The number of nitrogens with one attached hydrogen (secondary N) is 1. The Morgan fingerprint density at radius 2 is 2.04 bits per heavy atom. The van der Waals surface area contributed by atoms with E-state index in [-0.39, 0.29) is 11.9 Å². The molecule has 1 atom stereocenters. The first-order chi connectivity index (χ1) is 12.7. The van der Waals surface area contributed by atoms with Crippen LogP contribution in [0.3, 0.4) is 0 Å². The Hall–Kier alpha value is -2.86. The molecule has 4 rings (SSSR count). The first-order valence-corrected chi connectivity index (χ1v) is 8.81. The maximum Gasteiger partial charge on any atom is 0.254 e. The number of carbonyl (C=O) groups excluding carboxylic acids is 1. The molecule has 3 aromatic rings. The zero-order chi connectivity index (χ0) is 18.1. The molecule has 0 bridgehead atoms. The quantitative estimate of drug-likeness (QED) is 0.757. The lowest BCUT2D eigenvalue weighted by Gasteiger charge is -2.24. The molecule has 26 heavy (non-hydrogen) atoms. The van der Waals surface area contributed by atoms with Crippen LogP contribution in [-0.2, 0) is 4.74 Å². The molecule has 3 N–H and O–H groups in total. The van der Waals surface area contributed by atoms with E-state index in [0.717, 1.165) is 41.4 Å². The standard InChI is InChI=1S/C20H22N4O2/c1-26-12-16-3-2-10-24(16)20(25)14-6-4-13(5-7-14)15-8-9-18-17(11-15)19(21)23-22-18/h4-9,11,16H,2-3,10,12H2,1H3,(H3,21,22,23)/t16-/m0/s1. The third-order valence-corrected chi connectivity index (χ3v) is 5.05. The van der Waals surface area contributed by atoms with Gasteiger partial charge >= 0.3 is 0 Å². The molecule has 1 fully saturated rings. The highest BCUT2D eigenvalue weighted by Gasteiger charge is 2.29. The van der Waals surface area contributed by atoms with Crippen LogP contribution < -0.4 is 5.73 Å². The molecule has 1 aromatic heterocycles. The van der Waals surface area contributed by atoms with Gasteiger partial charge in [0.2, 0.25) is 0 Å². The molecule has 1 aliphatic heterocycles. The molecule has 2 aromatic carbocycles. The van der Waals surface area contributed by atoms with Crippen molar-refractivity contribution in [3.05, 3.63) is 48.0 Å². The minimum absolute atomic E-state index is 0.0747. The third-order valence-electron chi connectivity index (χ3n) is 5.05. The number of nitrogen functional groups attached to an aromatic ring is 1. The number of nitrogens with zero attached hydrogens (tertiary/aromatic N) is 2. The van der Waals surface area contributed by atoms with Crippen molar-refractivity contribution in [3.8, 4) is 11.1 Å². The molecule has 0 aliphatic carbocycles. The summed E-state index contributed by atoms with van der Waals surface area (Å²) in [6, 6.07) is 13.9. The molecular weight excluding hydrogens is 328 g/mol. The summed E-state index contributed by atoms with van der Waals surface area (Å²) in [5.41, 5.74) is 9.60. The molecule has 0 spiro atoms. The molecule has 0 radical (unpaired) electrons. The minimum Gasteiger partial charge on any atom is -0.383 e. The SMILES string of the molecule is COC[C@@H]1CCCN1C(=O)c1ccc(-c2ccc3[nH]nc(N)c3c2)cc1. The van der Waals surface area contributed by atoms with Crippen LogP contribution in [0.2, 0.25) is 0 Å². The highest BCUT2D eigenvalue weighted by molar-refractivity contribution is 5.96. The average Bonchev–Trinajstić information content (AvgIpc) is 3.28. The van der Waals surface area contributed by atoms with Crippen LogP contribution in [0.5, 0.6) is 0 Å². The first-order valence-electron chi connectivity index (χ1n) is 8.81. The summed E-state index contributed by atoms with van der Waals surface area (Å²) >= 11 is 0. The summed E-state index contributed by atoms with van der Waals surface area (Å²) in [6.45, 7) is 1.39. The van der Waals surface area contributed by atoms with E-state index in [9.17, 15) is 4.79 Å². The van der Waals surface area contributed by atoms with Crippen molar-refractivity contribution in [3.63, 3.8) is 0 Å². The van der Waals surface area contributed by atoms with Crippen molar-refractivity contribution in [1.29, 1.82) is 0 Å². The number of fused-ring (bicyclic) bond motifs is 1. The Bertz CT molecular complexity index is 933. The maximum atomic E-state index is 12.8. The molecule has 6 nitrogen and oxygen atoms in total. The Kier molecular flexibility index (Phi) is 4.34. The monoisotopic (exact) mass is 350 g/mol. The van der Waals surface area contributed by atoms with Crippen LogP contribution in [0.15, 0.2) is 42.5 Å². The van der Waals surface area contributed by atoms with Crippen molar-refractivity contribution in [2.75, 3.05) is 26.0 Å². The number of hydrogen-bond acceptors (Lipinski definition) is 4. The van der Waals surface area contributed by atoms with Gasteiger partial charge in [0, 0.05) is 24.6 Å². The van der Waals surface area contributed by atoms with Gasteiger partial charge in [0.05, 0.1) is 18.2 Å². The summed E-state index contributed by atoms with van der Waals surface area (Å²) in [7, 11) is 1.68. The predicted molar refractivity (Wildman–Crippen MR) is 102 cm³/mol. The molecule has 2 heterocycles. The highest BCUT2D eigenvalue weighted by atomic mass is 16.5. The van der Waals surface area contributed by atoms with Crippen LogP contribution in [0.25, 0.3) is 22.0 Å². The largest absolute Gasteiger partial charge is 0.383 e. The number of aromatic amines is 1. The topological polar surface area (TPSA) is 84.2 Å². The average molecular weight is 350 g/mol. The van der Waals surface area contributed by atoms with Crippen molar-refractivity contribution >= 4 is 22.6 Å². The molecule has 1 aliphatic rings. The predicted octanol–water partition coefficient (Wildman–Crippen LogP) is 3.06. The third kappa shape index (κ3) is 2.93. The van der Waals surface area contributed by atoms with E-state index in [2.05, 4.69) is 10.2 Å². The van der Waals surface area contributed by atoms with E-state index in [1.54, 1.807) is 7.11 Å². The van der Waals surface area contributed by atoms with Gasteiger partial charge in [-0.15, -0.1) is 0 Å². The molecule has 0 saturated carbocycles. The summed E-state index contributed by atoms with van der Waals surface area (Å²) in [5, 5.41) is 7.83. The number of H-pyrrole nitrogens is 1. The summed E-state index contributed by atoms with van der Waals surface area (Å²) in [6.07, 6.45) is 2.04. The number of hydrogen-bond donors (Lipinski definition) is 2. The van der Waals surface area contributed by atoms with Crippen LogP contribution in [0.1, 0.15) is 23.2 Å². The van der Waals surface area contributed by atoms with Crippen LogP contribution >= 0.6 is 0 Å². The first kappa shape index (κ1) is 16.6. The fraction of sp³-hybridized carbons (Fsp3) is 0.300. The van der Waals surface area contributed by atoms with Crippen molar-refractivity contribution < 1.29 is 9.53 Å². The summed E-state index contributed by atoms with van der Waals surface area (Å²) < 4.78 is 5.25. The number of amides is 1. The van der Waals surface area contributed by atoms with Gasteiger partial charge in [-0.2, -0.15) is 5.10 Å². The van der Waals surface area contributed by atoms with Crippen LogP contribution in [0, 0.1) is 0 Å². The van der Waals surface area contributed by atoms with E-state index in [4.69, 9.17) is 10.5 Å². The van der Waals surface area contributed by atoms with E-state index in [1.165, 1.54) is 0 Å². The molecular formula is C20H22N4O2. The Balaban J connectivity index is 1.57. The Morgan fingerprint density at radius 1 is 1.27 bits per heavy atom. The van der Waals surface area contributed by atoms with Crippen LogP contribution in [0.4, 0.5) is 5.82 Å². The number of methoxy groups -OCH3 is 1. The van der Waals surface area contributed by atoms with Gasteiger partial charge in [0.25, 0.3) is 5.91 Å². The number of benzene rings is 2. The second-order valence-electron chi connectivity index (χ2n) is 6.70. The Morgan fingerprint density at radius 3 is 2.81 bits per heavy atom. The zero-order valence-electron chi connectivity index (χ0n) is 14.7. The number of anilines is 1. The van der Waals surface area contributed by atoms with Crippen LogP contribution in [-0.4, -0.2) is 47.3 Å². The summed E-state index contributed by atoms with van der Waals surface area (Å²) in [5.74, 6) is 0.567. The number of nitrogens with two attached hydrogens (primary N) is 1. The fourth-order valence-electron chi connectivity index (χ4n) is 3.65. The van der Waals surface area contributed by atoms with Crippen molar-refractivity contribution in [2.45, 2.75) is 18.9 Å². The number of aromatic nitrogens is 2. The van der Waals surface area contributed by atoms with Crippen molar-refractivity contribution in [1.82, 2.24) is 15.1 Å². The lowest BCUT2D eigenvalue weighted by Crippen LogP contribution is -2.38. The second-order valence-corrected chi connectivity index (χ2v) is 6.70. The molecule has 1 amide bonds. The minimum atomic E-state index is 0.0747. The van der Waals surface area contributed by atoms with Gasteiger partial charge in [0.1, 0.15) is 0 Å². The van der Waals surface area contributed by atoms with Crippen molar-refractivity contribution in [2.24, 2.45) is 0 Å². The van der Waals surface area contributed by atoms with Gasteiger partial charge < -0.3 is 15.4 Å². The van der Waals surface area contributed by atoms with Gasteiger partial charge in [-0.05, 0) is 48.2 Å². The molecule has 0 unspecified atom stereocenters.